The van der Waals surface area contributed by atoms with Crippen molar-refractivity contribution in [2.24, 2.45) is 0 Å². The first-order valence-corrected chi connectivity index (χ1v) is 10.5. The van der Waals surface area contributed by atoms with Crippen molar-refractivity contribution in [3.05, 3.63) is 106 Å². The number of carbonyl (C=O) groups excluding carboxylic acids is 1. The molecule has 5 nitrogen and oxygen atoms in total. The predicted molar refractivity (Wildman–Crippen MR) is 124 cm³/mol. The van der Waals surface area contributed by atoms with Gasteiger partial charge >= 0.3 is 0 Å². The number of nitrogens with one attached hydrogen (secondary N) is 1. The molecule has 0 aliphatic carbocycles. The molecule has 156 valence electrons. The molecule has 1 N–H and O–H groups in total. The first-order chi connectivity index (χ1) is 15.1. The lowest BCUT2D eigenvalue weighted by atomic mass is 10.0. The lowest BCUT2D eigenvalue weighted by Gasteiger charge is -2.19. The molecule has 0 bridgehead atoms. The Kier molecular flexibility index (Phi) is 5.94. The Hall–Kier alpha value is -3.73. The van der Waals surface area contributed by atoms with Gasteiger partial charge in [-0.3, -0.25) is 14.2 Å². The van der Waals surface area contributed by atoms with Gasteiger partial charge < -0.3 is 5.32 Å². The van der Waals surface area contributed by atoms with Gasteiger partial charge in [0.2, 0.25) is 0 Å². The zero-order valence-electron chi connectivity index (χ0n) is 17.7. The Bertz CT molecular complexity index is 1260. The van der Waals surface area contributed by atoms with Crippen LogP contribution >= 0.6 is 0 Å². The standard InChI is InChI=1S/C26H25N3O2/c1-3-9-23(19-10-5-4-6-11-19)28-25(30)20-14-16-21(17-15-20)29-18(2)27-24-13-8-7-12-22(24)26(29)31/h4-8,10-17,23H,3,9H2,1-2H3,(H,28,30). The average molecular weight is 412 g/mol. The summed E-state index contributed by atoms with van der Waals surface area (Å²) in [7, 11) is 0. The van der Waals surface area contributed by atoms with Gasteiger partial charge in [-0.1, -0.05) is 55.8 Å². The van der Waals surface area contributed by atoms with E-state index in [0.717, 1.165) is 18.4 Å². The van der Waals surface area contributed by atoms with Crippen molar-refractivity contribution < 1.29 is 4.79 Å². The van der Waals surface area contributed by atoms with Crippen LogP contribution in [-0.4, -0.2) is 15.5 Å². The lowest BCUT2D eigenvalue weighted by molar-refractivity contribution is 0.0934. The molecular weight excluding hydrogens is 386 g/mol. The Labute approximate surface area is 181 Å². The van der Waals surface area contributed by atoms with Gasteiger partial charge in [0.15, 0.2) is 0 Å². The minimum Gasteiger partial charge on any atom is -0.345 e. The molecule has 0 saturated carbocycles. The van der Waals surface area contributed by atoms with Crippen LogP contribution in [0.3, 0.4) is 0 Å². The topological polar surface area (TPSA) is 64.0 Å². The molecule has 3 aromatic carbocycles. The van der Waals surface area contributed by atoms with Crippen LogP contribution in [0, 0.1) is 6.92 Å². The van der Waals surface area contributed by atoms with Gasteiger partial charge in [-0.05, 0) is 55.3 Å². The number of amides is 1. The number of aromatic nitrogens is 2. The van der Waals surface area contributed by atoms with E-state index >= 15 is 0 Å². The van der Waals surface area contributed by atoms with E-state index in [2.05, 4.69) is 17.2 Å². The Morgan fingerprint density at radius 1 is 0.968 bits per heavy atom. The molecule has 31 heavy (non-hydrogen) atoms. The van der Waals surface area contributed by atoms with Crippen molar-refractivity contribution in [2.75, 3.05) is 0 Å². The van der Waals surface area contributed by atoms with Crippen molar-refractivity contribution in [2.45, 2.75) is 32.7 Å². The molecule has 1 atom stereocenters. The first kappa shape index (κ1) is 20.5. The third-order valence-electron chi connectivity index (χ3n) is 5.42. The van der Waals surface area contributed by atoms with Gasteiger partial charge in [0, 0.05) is 5.56 Å². The van der Waals surface area contributed by atoms with Crippen molar-refractivity contribution in [1.29, 1.82) is 0 Å². The van der Waals surface area contributed by atoms with E-state index in [1.807, 2.05) is 55.5 Å². The summed E-state index contributed by atoms with van der Waals surface area (Å²) in [5.74, 6) is 0.475. The highest BCUT2D eigenvalue weighted by atomic mass is 16.1. The molecule has 1 heterocycles. The number of hydrogen-bond donors (Lipinski definition) is 1. The van der Waals surface area contributed by atoms with E-state index < -0.39 is 0 Å². The van der Waals surface area contributed by atoms with E-state index in [9.17, 15) is 9.59 Å². The van der Waals surface area contributed by atoms with Crippen molar-refractivity contribution in [3.8, 4) is 5.69 Å². The Morgan fingerprint density at radius 3 is 2.35 bits per heavy atom. The summed E-state index contributed by atoms with van der Waals surface area (Å²) in [6.45, 7) is 3.91. The van der Waals surface area contributed by atoms with Crippen LogP contribution in [-0.2, 0) is 0 Å². The number of carbonyl (C=O) groups is 1. The number of hydrogen-bond acceptors (Lipinski definition) is 3. The molecule has 1 aromatic heterocycles. The number of aryl methyl sites for hydroxylation is 1. The fraction of sp³-hybridized carbons (Fsp3) is 0.192. The molecule has 0 radical (unpaired) electrons. The van der Waals surface area contributed by atoms with E-state index in [0.29, 0.717) is 28.0 Å². The first-order valence-electron chi connectivity index (χ1n) is 10.5. The maximum atomic E-state index is 13.0. The van der Waals surface area contributed by atoms with E-state index in [1.54, 1.807) is 34.9 Å². The molecule has 0 aliphatic heterocycles. The SMILES string of the molecule is CCCC(NC(=O)c1ccc(-n2c(C)nc3ccccc3c2=O)cc1)c1ccccc1. The molecule has 1 amide bonds. The van der Waals surface area contributed by atoms with Gasteiger partial charge in [0.25, 0.3) is 11.5 Å². The largest absolute Gasteiger partial charge is 0.345 e. The van der Waals surface area contributed by atoms with Crippen LogP contribution in [0.1, 0.15) is 47.6 Å². The van der Waals surface area contributed by atoms with Gasteiger partial charge in [0.1, 0.15) is 5.82 Å². The quantitative estimate of drug-likeness (QED) is 0.487. The molecule has 0 spiro atoms. The number of nitrogens with zero attached hydrogens (tertiary/aromatic N) is 2. The average Bonchev–Trinajstić information content (AvgIpc) is 2.80. The smallest absolute Gasteiger partial charge is 0.265 e. The van der Waals surface area contributed by atoms with Crippen molar-refractivity contribution >= 4 is 16.8 Å². The highest BCUT2D eigenvalue weighted by Gasteiger charge is 2.16. The second-order valence-corrected chi connectivity index (χ2v) is 7.59. The summed E-state index contributed by atoms with van der Waals surface area (Å²) in [4.78, 5) is 30.4. The van der Waals surface area contributed by atoms with Crippen LogP contribution < -0.4 is 10.9 Å². The second kappa shape index (κ2) is 8.96. The zero-order chi connectivity index (χ0) is 21.8. The molecular formula is C26H25N3O2. The molecule has 0 saturated heterocycles. The van der Waals surface area contributed by atoms with E-state index in [4.69, 9.17) is 0 Å². The van der Waals surface area contributed by atoms with Gasteiger partial charge in [-0.25, -0.2) is 4.98 Å². The fourth-order valence-electron chi connectivity index (χ4n) is 3.85. The summed E-state index contributed by atoms with van der Waals surface area (Å²) >= 11 is 0. The fourth-order valence-corrected chi connectivity index (χ4v) is 3.85. The predicted octanol–water partition coefficient (Wildman–Crippen LogP) is 4.97. The lowest BCUT2D eigenvalue weighted by Crippen LogP contribution is -2.28. The second-order valence-electron chi connectivity index (χ2n) is 7.59. The Morgan fingerprint density at radius 2 is 1.65 bits per heavy atom. The van der Waals surface area contributed by atoms with Crippen molar-refractivity contribution in [1.82, 2.24) is 14.9 Å². The molecule has 1 unspecified atom stereocenters. The van der Waals surface area contributed by atoms with Gasteiger partial charge in [-0.15, -0.1) is 0 Å². The molecule has 5 heteroatoms. The third-order valence-corrected chi connectivity index (χ3v) is 5.42. The monoisotopic (exact) mass is 411 g/mol. The van der Waals surface area contributed by atoms with E-state index in [-0.39, 0.29) is 17.5 Å². The maximum Gasteiger partial charge on any atom is 0.265 e. The molecule has 4 rings (SSSR count). The third kappa shape index (κ3) is 4.26. The molecule has 4 aromatic rings. The Balaban J connectivity index is 1.60. The normalized spacial score (nSPS) is 11.9. The maximum absolute atomic E-state index is 13.0. The zero-order valence-corrected chi connectivity index (χ0v) is 17.7. The highest BCUT2D eigenvalue weighted by molar-refractivity contribution is 5.94. The highest BCUT2D eigenvalue weighted by Crippen LogP contribution is 2.19. The van der Waals surface area contributed by atoms with Crippen LogP contribution in [0.15, 0.2) is 83.7 Å². The van der Waals surface area contributed by atoms with Gasteiger partial charge in [0.05, 0.1) is 22.6 Å². The molecule has 0 aliphatic rings. The summed E-state index contributed by atoms with van der Waals surface area (Å²) < 4.78 is 1.58. The molecule has 0 fully saturated rings. The number of rotatable bonds is 6. The summed E-state index contributed by atoms with van der Waals surface area (Å²) in [6.07, 6.45) is 1.83. The minimum absolute atomic E-state index is 0.0343. The number of fused-ring (bicyclic) bond motifs is 1. The van der Waals surface area contributed by atoms with Crippen LogP contribution in [0.5, 0.6) is 0 Å². The summed E-state index contributed by atoms with van der Waals surface area (Å²) in [5.41, 5.74) is 2.90. The number of benzene rings is 3. The summed E-state index contributed by atoms with van der Waals surface area (Å²) in [5, 5.41) is 3.71. The minimum atomic E-state index is -0.130. The van der Waals surface area contributed by atoms with Gasteiger partial charge in [-0.2, -0.15) is 0 Å². The van der Waals surface area contributed by atoms with Crippen molar-refractivity contribution in [3.63, 3.8) is 0 Å². The van der Waals surface area contributed by atoms with Crippen LogP contribution in [0.2, 0.25) is 0 Å². The van der Waals surface area contributed by atoms with E-state index in [1.165, 1.54) is 0 Å². The summed E-state index contributed by atoms with van der Waals surface area (Å²) in [6, 6.07) is 24.4. The van der Waals surface area contributed by atoms with Crippen LogP contribution in [0.4, 0.5) is 0 Å². The number of para-hydroxylation sites is 1. The van der Waals surface area contributed by atoms with Crippen LogP contribution in [0.25, 0.3) is 16.6 Å².